The van der Waals surface area contributed by atoms with Crippen LogP contribution >= 0.6 is 0 Å². The molecule has 3 nitrogen and oxygen atoms in total. The first kappa shape index (κ1) is 14.6. The van der Waals surface area contributed by atoms with Gasteiger partial charge in [-0.2, -0.15) is 13.2 Å². The van der Waals surface area contributed by atoms with Gasteiger partial charge in [-0.25, -0.2) is 4.98 Å². The number of oxazole rings is 1. The highest BCUT2D eigenvalue weighted by Crippen LogP contribution is 2.31. The van der Waals surface area contributed by atoms with Gasteiger partial charge < -0.3 is 4.42 Å². The third-order valence-electron chi connectivity index (χ3n) is 2.89. The molecular weight excluding hydrogens is 269 g/mol. The molecule has 0 unspecified atom stereocenters. The minimum Gasteiger partial charge on any atom is -0.441 e. The summed E-state index contributed by atoms with van der Waals surface area (Å²) in [5.41, 5.74) is 0.124. The highest BCUT2D eigenvalue weighted by atomic mass is 19.4. The Morgan fingerprint density at radius 1 is 1.30 bits per heavy atom. The van der Waals surface area contributed by atoms with Gasteiger partial charge in [0.1, 0.15) is 11.5 Å². The van der Waals surface area contributed by atoms with Crippen LogP contribution in [0.25, 0.3) is 11.5 Å². The summed E-state index contributed by atoms with van der Waals surface area (Å²) in [5.74, 6) is 1.07. The van der Waals surface area contributed by atoms with Crippen molar-refractivity contribution < 1.29 is 17.6 Å². The molecule has 2 aromatic heterocycles. The van der Waals surface area contributed by atoms with E-state index in [0.717, 1.165) is 18.0 Å². The quantitative estimate of drug-likeness (QED) is 0.836. The van der Waals surface area contributed by atoms with Gasteiger partial charge in [-0.1, -0.05) is 20.8 Å². The van der Waals surface area contributed by atoms with Crippen LogP contribution in [0.4, 0.5) is 13.2 Å². The standard InChI is InChI=1S/C14H15F3N2O/c1-4-10-12(8(2)3)19-13(20-10)9-5-6-18-11(7-9)14(15,16)17/h5-8H,4H2,1-3H3. The van der Waals surface area contributed by atoms with Crippen molar-refractivity contribution in [3.05, 3.63) is 35.5 Å². The fraction of sp³-hybridized carbons (Fsp3) is 0.429. The Balaban J connectivity index is 2.47. The third-order valence-corrected chi connectivity index (χ3v) is 2.89. The van der Waals surface area contributed by atoms with E-state index in [9.17, 15) is 13.2 Å². The molecule has 0 aliphatic heterocycles. The summed E-state index contributed by atoms with van der Waals surface area (Å²) in [5, 5.41) is 0. The van der Waals surface area contributed by atoms with Gasteiger partial charge in [-0.3, -0.25) is 4.98 Å². The highest BCUT2D eigenvalue weighted by Gasteiger charge is 2.33. The monoisotopic (exact) mass is 284 g/mol. The van der Waals surface area contributed by atoms with Crippen LogP contribution in [-0.2, 0) is 12.6 Å². The first-order valence-electron chi connectivity index (χ1n) is 6.36. The number of rotatable bonds is 3. The first-order valence-corrected chi connectivity index (χ1v) is 6.36. The summed E-state index contributed by atoms with van der Waals surface area (Å²) in [4.78, 5) is 7.64. The molecule has 6 heteroatoms. The predicted octanol–water partition coefficient (Wildman–Crippen LogP) is 4.44. The number of aryl methyl sites for hydroxylation is 1. The molecule has 0 aliphatic carbocycles. The van der Waals surface area contributed by atoms with E-state index in [0.29, 0.717) is 12.2 Å². The van der Waals surface area contributed by atoms with E-state index >= 15 is 0 Å². The van der Waals surface area contributed by atoms with Crippen LogP contribution in [0.3, 0.4) is 0 Å². The van der Waals surface area contributed by atoms with Gasteiger partial charge in [0.15, 0.2) is 0 Å². The van der Waals surface area contributed by atoms with Crippen molar-refractivity contribution in [1.82, 2.24) is 9.97 Å². The lowest BCUT2D eigenvalue weighted by molar-refractivity contribution is -0.141. The molecule has 0 aliphatic rings. The van der Waals surface area contributed by atoms with Gasteiger partial charge in [-0.15, -0.1) is 0 Å². The average Bonchev–Trinajstić information content (AvgIpc) is 2.82. The molecule has 0 spiro atoms. The molecule has 2 rings (SSSR count). The summed E-state index contributed by atoms with van der Waals surface area (Å²) >= 11 is 0. The lowest BCUT2D eigenvalue weighted by Gasteiger charge is -2.05. The zero-order valence-corrected chi connectivity index (χ0v) is 11.5. The summed E-state index contributed by atoms with van der Waals surface area (Å²) in [6.45, 7) is 5.85. The molecule has 0 bridgehead atoms. The van der Waals surface area contributed by atoms with Crippen LogP contribution in [0.2, 0.25) is 0 Å². The zero-order chi connectivity index (χ0) is 14.9. The van der Waals surface area contributed by atoms with Gasteiger partial charge in [0.05, 0.1) is 5.69 Å². The van der Waals surface area contributed by atoms with Gasteiger partial charge in [0.25, 0.3) is 0 Å². The van der Waals surface area contributed by atoms with Gasteiger partial charge in [-0.05, 0) is 18.1 Å². The van der Waals surface area contributed by atoms with Gasteiger partial charge >= 0.3 is 6.18 Å². The van der Waals surface area contributed by atoms with Crippen molar-refractivity contribution in [3.63, 3.8) is 0 Å². The number of nitrogens with zero attached hydrogens (tertiary/aromatic N) is 2. The smallest absolute Gasteiger partial charge is 0.433 e. The minimum atomic E-state index is -4.48. The zero-order valence-electron chi connectivity index (χ0n) is 11.5. The fourth-order valence-corrected chi connectivity index (χ4v) is 1.91. The summed E-state index contributed by atoms with van der Waals surface area (Å²) < 4.78 is 43.5. The van der Waals surface area contributed by atoms with Gasteiger partial charge in [0, 0.05) is 18.2 Å². The van der Waals surface area contributed by atoms with Crippen molar-refractivity contribution in [1.29, 1.82) is 0 Å². The minimum absolute atomic E-state index is 0.159. The van der Waals surface area contributed by atoms with Crippen molar-refractivity contribution >= 4 is 0 Å². The van der Waals surface area contributed by atoms with Crippen LogP contribution in [0.1, 0.15) is 43.8 Å². The molecule has 0 atom stereocenters. The maximum Gasteiger partial charge on any atom is 0.433 e. The molecule has 0 saturated carbocycles. The predicted molar refractivity (Wildman–Crippen MR) is 68.2 cm³/mol. The molecule has 0 radical (unpaired) electrons. The van der Waals surface area contributed by atoms with E-state index in [4.69, 9.17) is 4.42 Å². The average molecular weight is 284 g/mol. The molecule has 0 saturated heterocycles. The van der Waals surface area contributed by atoms with Crippen molar-refractivity contribution in [3.8, 4) is 11.5 Å². The Bertz CT molecular complexity index is 603. The second-order valence-electron chi connectivity index (χ2n) is 4.76. The maximum absolute atomic E-state index is 12.6. The third kappa shape index (κ3) is 2.84. The Kier molecular flexibility index (Phi) is 3.83. The summed E-state index contributed by atoms with van der Waals surface area (Å²) in [6.07, 6.45) is -2.71. The Morgan fingerprint density at radius 3 is 2.50 bits per heavy atom. The van der Waals surface area contributed by atoms with Crippen LogP contribution in [0.15, 0.2) is 22.7 Å². The van der Waals surface area contributed by atoms with Crippen LogP contribution in [0, 0.1) is 0 Å². The summed E-state index contributed by atoms with van der Waals surface area (Å²) in [7, 11) is 0. The van der Waals surface area contributed by atoms with E-state index in [1.807, 2.05) is 20.8 Å². The normalized spacial score (nSPS) is 12.2. The molecule has 0 N–H and O–H groups in total. The van der Waals surface area contributed by atoms with Crippen LogP contribution < -0.4 is 0 Å². The molecule has 0 fully saturated rings. The van der Waals surface area contributed by atoms with Crippen molar-refractivity contribution in [2.24, 2.45) is 0 Å². The maximum atomic E-state index is 12.6. The molecule has 2 heterocycles. The lowest BCUT2D eigenvalue weighted by atomic mass is 10.1. The topological polar surface area (TPSA) is 38.9 Å². The molecular formula is C14H15F3N2O. The van der Waals surface area contributed by atoms with Crippen LogP contribution in [-0.4, -0.2) is 9.97 Å². The Labute approximate surface area is 114 Å². The Hall–Kier alpha value is -1.85. The van der Waals surface area contributed by atoms with E-state index in [1.165, 1.54) is 6.07 Å². The fourth-order valence-electron chi connectivity index (χ4n) is 1.91. The molecule has 108 valence electrons. The molecule has 2 aromatic rings. The van der Waals surface area contributed by atoms with E-state index in [1.54, 1.807) is 0 Å². The van der Waals surface area contributed by atoms with E-state index in [2.05, 4.69) is 9.97 Å². The first-order chi connectivity index (χ1) is 9.32. The van der Waals surface area contributed by atoms with Crippen LogP contribution in [0.5, 0.6) is 0 Å². The number of aromatic nitrogens is 2. The van der Waals surface area contributed by atoms with Gasteiger partial charge in [0.2, 0.25) is 5.89 Å². The number of alkyl halides is 3. The van der Waals surface area contributed by atoms with E-state index in [-0.39, 0.29) is 17.4 Å². The number of hydrogen-bond donors (Lipinski definition) is 0. The molecule has 0 aromatic carbocycles. The molecule has 20 heavy (non-hydrogen) atoms. The highest BCUT2D eigenvalue weighted by molar-refractivity contribution is 5.54. The second-order valence-corrected chi connectivity index (χ2v) is 4.76. The van der Waals surface area contributed by atoms with Crippen molar-refractivity contribution in [2.45, 2.75) is 39.3 Å². The molecule has 0 amide bonds. The van der Waals surface area contributed by atoms with E-state index < -0.39 is 11.9 Å². The number of halogens is 3. The summed E-state index contributed by atoms with van der Waals surface area (Å²) in [6, 6.07) is 2.42. The number of pyridine rings is 1. The van der Waals surface area contributed by atoms with Crippen molar-refractivity contribution in [2.75, 3.05) is 0 Å². The Morgan fingerprint density at radius 2 is 2.00 bits per heavy atom. The second kappa shape index (κ2) is 5.26. The SMILES string of the molecule is CCc1oc(-c2ccnc(C(F)(F)F)c2)nc1C(C)C. The number of hydrogen-bond acceptors (Lipinski definition) is 3. The lowest BCUT2D eigenvalue weighted by Crippen LogP contribution is -2.07. The largest absolute Gasteiger partial charge is 0.441 e.